The molecule has 0 bridgehead atoms. The molecule has 3 aliphatic heterocycles. The van der Waals surface area contributed by atoms with Gasteiger partial charge >= 0.3 is 0 Å². The molecule has 25 heavy (non-hydrogen) atoms. The van der Waals surface area contributed by atoms with Gasteiger partial charge in [0.25, 0.3) is 0 Å². The summed E-state index contributed by atoms with van der Waals surface area (Å²) >= 11 is 0. The van der Waals surface area contributed by atoms with Crippen LogP contribution in [0, 0.1) is 0 Å². The molecule has 1 unspecified atom stereocenters. The van der Waals surface area contributed by atoms with Gasteiger partial charge in [-0.15, -0.1) is 0 Å². The summed E-state index contributed by atoms with van der Waals surface area (Å²) in [4.78, 5) is 29.5. The molecule has 1 atom stereocenters. The number of para-hydroxylation sites is 2. The van der Waals surface area contributed by atoms with Crippen LogP contribution in [0.5, 0.6) is 0 Å². The molecule has 2 N–H and O–H groups in total. The molecule has 134 valence electrons. The minimum Gasteiger partial charge on any atom is -0.369 e. The van der Waals surface area contributed by atoms with Crippen molar-refractivity contribution in [2.75, 3.05) is 36.8 Å². The first-order valence-corrected chi connectivity index (χ1v) is 9.31. The lowest BCUT2D eigenvalue weighted by molar-refractivity contribution is -0.136. The van der Waals surface area contributed by atoms with E-state index < -0.39 is 5.54 Å². The van der Waals surface area contributed by atoms with Crippen molar-refractivity contribution in [1.29, 1.82) is 0 Å². The topological polar surface area (TPSA) is 64.7 Å². The quantitative estimate of drug-likeness (QED) is 0.862. The van der Waals surface area contributed by atoms with Crippen molar-refractivity contribution in [3.05, 3.63) is 24.3 Å². The molecular formula is C19H26N4O2. The van der Waals surface area contributed by atoms with Crippen LogP contribution >= 0.6 is 0 Å². The SMILES string of the molecule is CC(C(=O)N1CCCC1)N1CCC2(CC1)Nc1ccccc1NC2=O. The smallest absolute Gasteiger partial charge is 0.250 e. The van der Waals surface area contributed by atoms with Gasteiger partial charge in [-0.2, -0.15) is 0 Å². The van der Waals surface area contributed by atoms with Crippen molar-refractivity contribution in [3.8, 4) is 0 Å². The maximum atomic E-state index is 12.7. The first kappa shape index (κ1) is 16.4. The highest BCUT2D eigenvalue weighted by molar-refractivity contribution is 6.06. The minimum atomic E-state index is -0.554. The summed E-state index contributed by atoms with van der Waals surface area (Å²) in [5.74, 6) is 0.282. The number of carbonyl (C=O) groups is 2. The normalized spacial score (nSPS) is 23.7. The molecule has 6 heteroatoms. The number of piperidine rings is 1. The van der Waals surface area contributed by atoms with E-state index in [1.54, 1.807) is 0 Å². The Hall–Kier alpha value is -2.08. The molecule has 3 aliphatic rings. The van der Waals surface area contributed by atoms with Crippen molar-refractivity contribution in [1.82, 2.24) is 9.80 Å². The largest absolute Gasteiger partial charge is 0.369 e. The van der Waals surface area contributed by atoms with Gasteiger partial charge in [-0.25, -0.2) is 0 Å². The predicted octanol–water partition coefficient (Wildman–Crippen LogP) is 1.90. The monoisotopic (exact) mass is 342 g/mol. The summed E-state index contributed by atoms with van der Waals surface area (Å²) in [5.41, 5.74) is 1.27. The van der Waals surface area contributed by atoms with Gasteiger partial charge in [0.15, 0.2) is 0 Å². The van der Waals surface area contributed by atoms with Gasteiger partial charge in [0, 0.05) is 26.2 Å². The fourth-order valence-corrected chi connectivity index (χ4v) is 4.26. The fraction of sp³-hybridized carbons (Fsp3) is 0.579. The van der Waals surface area contributed by atoms with Crippen LogP contribution in [-0.4, -0.2) is 59.4 Å². The van der Waals surface area contributed by atoms with E-state index in [4.69, 9.17) is 0 Å². The maximum absolute atomic E-state index is 12.7. The zero-order valence-corrected chi connectivity index (χ0v) is 14.8. The molecule has 4 rings (SSSR count). The van der Waals surface area contributed by atoms with Crippen LogP contribution in [-0.2, 0) is 9.59 Å². The highest BCUT2D eigenvalue weighted by atomic mass is 16.2. The lowest BCUT2D eigenvalue weighted by atomic mass is 9.84. The molecule has 2 amide bonds. The summed E-state index contributed by atoms with van der Waals surface area (Å²) in [6.07, 6.45) is 3.66. The number of carbonyl (C=O) groups excluding carboxylic acids is 2. The molecule has 3 heterocycles. The Bertz CT molecular complexity index is 676. The Morgan fingerprint density at radius 2 is 1.72 bits per heavy atom. The van der Waals surface area contributed by atoms with Gasteiger partial charge in [0.2, 0.25) is 11.8 Å². The first-order valence-electron chi connectivity index (χ1n) is 9.31. The van der Waals surface area contributed by atoms with Crippen molar-refractivity contribution in [2.45, 2.75) is 44.2 Å². The number of nitrogens with zero attached hydrogens (tertiary/aromatic N) is 2. The molecule has 1 aromatic carbocycles. The molecule has 6 nitrogen and oxygen atoms in total. The summed E-state index contributed by atoms with van der Waals surface area (Å²) in [6, 6.07) is 7.71. The average molecular weight is 342 g/mol. The first-order chi connectivity index (χ1) is 12.1. The van der Waals surface area contributed by atoms with Crippen LogP contribution in [0.15, 0.2) is 24.3 Å². The van der Waals surface area contributed by atoms with E-state index in [-0.39, 0.29) is 17.9 Å². The molecule has 0 radical (unpaired) electrons. The van der Waals surface area contributed by atoms with E-state index in [0.717, 1.165) is 50.4 Å². The highest BCUT2D eigenvalue weighted by Gasteiger charge is 2.45. The zero-order chi connectivity index (χ0) is 17.4. The van der Waals surface area contributed by atoms with Gasteiger partial charge in [0.1, 0.15) is 5.54 Å². The second kappa shape index (κ2) is 6.33. The van der Waals surface area contributed by atoms with Gasteiger partial charge in [-0.05, 0) is 44.7 Å². The Morgan fingerprint density at radius 3 is 2.40 bits per heavy atom. The van der Waals surface area contributed by atoms with Crippen LogP contribution in [0.2, 0.25) is 0 Å². The number of hydrogen-bond donors (Lipinski definition) is 2. The number of likely N-dealkylation sites (tertiary alicyclic amines) is 2. The summed E-state index contributed by atoms with van der Waals surface area (Å²) in [7, 11) is 0. The number of hydrogen-bond acceptors (Lipinski definition) is 4. The number of amides is 2. The molecule has 2 saturated heterocycles. The lowest BCUT2D eigenvalue weighted by Gasteiger charge is -2.45. The van der Waals surface area contributed by atoms with Crippen LogP contribution in [0.1, 0.15) is 32.6 Å². The predicted molar refractivity (Wildman–Crippen MR) is 97.5 cm³/mol. The summed E-state index contributed by atoms with van der Waals surface area (Å²) in [5, 5.41) is 6.51. The molecular weight excluding hydrogens is 316 g/mol. The third-order valence-electron chi connectivity index (χ3n) is 5.96. The summed E-state index contributed by atoms with van der Waals surface area (Å²) < 4.78 is 0. The van der Waals surface area contributed by atoms with E-state index in [1.807, 2.05) is 36.1 Å². The second-order valence-corrected chi connectivity index (χ2v) is 7.45. The van der Waals surface area contributed by atoms with Gasteiger partial charge in [-0.1, -0.05) is 12.1 Å². The Balaban J connectivity index is 1.42. The lowest BCUT2D eigenvalue weighted by Crippen LogP contribution is -2.60. The van der Waals surface area contributed by atoms with Crippen molar-refractivity contribution in [2.24, 2.45) is 0 Å². The number of fused-ring (bicyclic) bond motifs is 1. The van der Waals surface area contributed by atoms with Crippen molar-refractivity contribution < 1.29 is 9.59 Å². The minimum absolute atomic E-state index is 0.0457. The Kier molecular flexibility index (Phi) is 4.15. The van der Waals surface area contributed by atoms with Gasteiger partial charge in [0.05, 0.1) is 17.4 Å². The molecule has 1 spiro atoms. The third-order valence-corrected chi connectivity index (χ3v) is 5.96. The summed E-state index contributed by atoms with van der Waals surface area (Å²) in [6.45, 7) is 5.29. The maximum Gasteiger partial charge on any atom is 0.250 e. The second-order valence-electron chi connectivity index (χ2n) is 7.45. The standard InChI is InChI=1S/C19H26N4O2/c1-14(17(24)23-10-4-5-11-23)22-12-8-19(9-13-22)18(25)20-15-6-2-3-7-16(15)21-19/h2-3,6-7,14,21H,4-5,8-13H2,1H3,(H,20,25). The van der Waals surface area contributed by atoms with Crippen LogP contribution in [0.4, 0.5) is 11.4 Å². The number of benzene rings is 1. The van der Waals surface area contributed by atoms with E-state index in [0.29, 0.717) is 12.8 Å². The van der Waals surface area contributed by atoms with Crippen molar-refractivity contribution in [3.63, 3.8) is 0 Å². The number of anilines is 2. The van der Waals surface area contributed by atoms with Crippen LogP contribution in [0.3, 0.4) is 0 Å². The van der Waals surface area contributed by atoms with E-state index >= 15 is 0 Å². The number of rotatable bonds is 2. The molecule has 0 aromatic heterocycles. The van der Waals surface area contributed by atoms with Crippen LogP contribution in [0.25, 0.3) is 0 Å². The molecule has 1 aromatic rings. The van der Waals surface area contributed by atoms with Crippen LogP contribution < -0.4 is 10.6 Å². The molecule has 0 saturated carbocycles. The molecule has 0 aliphatic carbocycles. The number of nitrogens with one attached hydrogen (secondary N) is 2. The van der Waals surface area contributed by atoms with Gasteiger partial charge in [-0.3, -0.25) is 14.5 Å². The van der Waals surface area contributed by atoms with E-state index in [9.17, 15) is 9.59 Å². The van der Waals surface area contributed by atoms with E-state index in [1.165, 1.54) is 0 Å². The molecule has 2 fully saturated rings. The average Bonchev–Trinajstić information content (AvgIpc) is 3.17. The fourth-order valence-electron chi connectivity index (χ4n) is 4.26. The Labute approximate surface area is 148 Å². The van der Waals surface area contributed by atoms with Gasteiger partial charge < -0.3 is 15.5 Å². The highest BCUT2D eigenvalue weighted by Crippen LogP contribution is 2.36. The zero-order valence-electron chi connectivity index (χ0n) is 14.8. The van der Waals surface area contributed by atoms with E-state index in [2.05, 4.69) is 15.5 Å². The van der Waals surface area contributed by atoms with Crippen molar-refractivity contribution >= 4 is 23.2 Å². The third kappa shape index (κ3) is 2.88. The Morgan fingerprint density at radius 1 is 1.08 bits per heavy atom.